The largest absolute Gasteiger partial charge is 0.484 e. The number of amides is 1. The van der Waals surface area contributed by atoms with E-state index in [1.165, 1.54) is 0 Å². The molecule has 2 aromatic heterocycles. The first kappa shape index (κ1) is 15.3. The molecule has 0 spiro atoms. The second kappa shape index (κ2) is 7.11. The zero-order valence-corrected chi connectivity index (χ0v) is 13.5. The van der Waals surface area contributed by atoms with Crippen molar-refractivity contribution >= 4 is 17.2 Å². The lowest BCUT2D eigenvalue weighted by Crippen LogP contribution is -2.30. The van der Waals surface area contributed by atoms with Crippen LogP contribution in [0.4, 0.5) is 0 Å². The number of nitrogens with zero attached hydrogens (tertiary/aromatic N) is 2. The highest BCUT2D eigenvalue weighted by atomic mass is 32.1. The second-order valence-electron chi connectivity index (χ2n) is 5.06. The second-order valence-corrected chi connectivity index (χ2v) is 6.04. The van der Waals surface area contributed by atoms with Gasteiger partial charge < -0.3 is 14.6 Å². The van der Waals surface area contributed by atoms with Crippen LogP contribution in [0.2, 0.25) is 0 Å². The Labute approximate surface area is 138 Å². The smallest absolute Gasteiger partial charge is 0.258 e. The minimum Gasteiger partial charge on any atom is -0.484 e. The highest BCUT2D eigenvalue weighted by Crippen LogP contribution is 2.19. The molecule has 0 aliphatic rings. The summed E-state index contributed by atoms with van der Waals surface area (Å²) in [4.78, 5) is 17.1. The Bertz CT molecular complexity index is 754. The van der Waals surface area contributed by atoms with Crippen molar-refractivity contribution in [2.24, 2.45) is 0 Å². The molecule has 23 heavy (non-hydrogen) atoms. The average molecular weight is 327 g/mol. The van der Waals surface area contributed by atoms with E-state index >= 15 is 0 Å². The molecule has 0 saturated heterocycles. The molecule has 3 rings (SSSR count). The van der Waals surface area contributed by atoms with Crippen LogP contribution in [0.25, 0.3) is 5.69 Å². The third kappa shape index (κ3) is 3.98. The standard InChI is InChI=1S/C17H17N3O2S/c1-13(16-6-3-9-23-16)19-17(21)11-22-15-5-2-4-14(10-15)20-8-7-18-12-20/h2-10,12-13H,11H2,1H3,(H,19,21). The molecule has 0 aliphatic heterocycles. The number of ether oxygens (including phenoxy) is 1. The lowest BCUT2D eigenvalue weighted by molar-refractivity contribution is -0.123. The van der Waals surface area contributed by atoms with Crippen LogP contribution in [-0.2, 0) is 4.79 Å². The number of thiophene rings is 1. The van der Waals surface area contributed by atoms with Gasteiger partial charge in [-0.05, 0) is 30.5 Å². The minimum absolute atomic E-state index is 0.0108. The predicted molar refractivity (Wildman–Crippen MR) is 89.9 cm³/mol. The van der Waals surface area contributed by atoms with Crippen molar-refractivity contribution in [3.8, 4) is 11.4 Å². The summed E-state index contributed by atoms with van der Waals surface area (Å²) in [5.74, 6) is 0.508. The van der Waals surface area contributed by atoms with Gasteiger partial charge in [-0.15, -0.1) is 11.3 Å². The number of nitrogens with one attached hydrogen (secondary N) is 1. The molecule has 0 saturated carbocycles. The predicted octanol–water partition coefficient (Wildman–Crippen LogP) is 3.19. The van der Waals surface area contributed by atoms with E-state index in [1.54, 1.807) is 23.9 Å². The Kier molecular flexibility index (Phi) is 4.73. The van der Waals surface area contributed by atoms with Crippen molar-refractivity contribution in [2.45, 2.75) is 13.0 Å². The van der Waals surface area contributed by atoms with E-state index < -0.39 is 0 Å². The molecule has 0 aliphatic carbocycles. The van der Waals surface area contributed by atoms with E-state index in [-0.39, 0.29) is 18.6 Å². The summed E-state index contributed by atoms with van der Waals surface area (Å²) in [5.41, 5.74) is 0.937. The zero-order valence-electron chi connectivity index (χ0n) is 12.7. The number of carbonyl (C=O) groups is 1. The quantitative estimate of drug-likeness (QED) is 0.756. The van der Waals surface area contributed by atoms with Crippen molar-refractivity contribution in [3.63, 3.8) is 0 Å². The molecule has 1 atom stereocenters. The van der Waals surface area contributed by atoms with Crippen LogP contribution in [-0.4, -0.2) is 22.1 Å². The molecule has 0 fully saturated rings. The topological polar surface area (TPSA) is 56.1 Å². The van der Waals surface area contributed by atoms with Gasteiger partial charge in [0.2, 0.25) is 0 Å². The monoisotopic (exact) mass is 327 g/mol. The van der Waals surface area contributed by atoms with E-state index in [4.69, 9.17) is 4.74 Å². The van der Waals surface area contributed by atoms with Gasteiger partial charge in [0.15, 0.2) is 6.61 Å². The molecular weight excluding hydrogens is 310 g/mol. The molecule has 1 N–H and O–H groups in total. The normalized spacial score (nSPS) is 11.9. The number of aromatic nitrogens is 2. The lowest BCUT2D eigenvalue weighted by Gasteiger charge is -2.13. The molecule has 6 heteroatoms. The Hall–Kier alpha value is -2.60. The summed E-state index contributed by atoms with van der Waals surface area (Å²) in [6.45, 7) is 1.95. The van der Waals surface area contributed by atoms with E-state index in [0.717, 1.165) is 10.6 Å². The van der Waals surface area contributed by atoms with E-state index in [9.17, 15) is 4.79 Å². The number of imidazole rings is 1. The van der Waals surface area contributed by atoms with Crippen LogP contribution in [0.3, 0.4) is 0 Å². The lowest BCUT2D eigenvalue weighted by atomic mass is 10.3. The Morgan fingerprint density at radius 1 is 1.39 bits per heavy atom. The van der Waals surface area contributed by atoms with Gasteiger partial charge in [-0.1, -0.05) is 12.1 Å². The van der Waals surface area contributed by atoms with Crippen LogP contribution in [0.15, 0.2) is 60.5 Å². The number of carbonyl (C=O) groups excluding carboxylic acids is 1. The van der Waals surface area contributed by atoms with Gasteiger partial charge in [-0.2, -0.15) is 0 Å². The van der Waals surface area contributed by atoms with Crippen LogP contribution >= 0.6 is 11.3 Å². The highest BCUT2D eigenvalue weighted by molar-refractivity contribution is 7.10. The summed E-state index contributed by atoms with van der Waals surface area (Å²) >= 11 is 1.62. The zero-order chi connectivity index (χ0) is 16.1. The van der Waals surface area contributed by atoms with Gasteiger partial charge in [0.25, 0.3) is 5.91 Å². The number of benzene rings is 1. The summed E-state index contributed by atoms with van der Waals surface area (Å²) in [5, 5.41) is 4.92. The van der Waals surface area contributed by atoms with Gasteiger partial charge in [-0.3, -0.25) is 4.79 Å². The minimum atomic E-state index is -0.140. The van der Waals surface area contributed by atoms with E-state index in [2.05, 4.69) is 10.3 Å². The van der Waals surface area contributed by atoms with E-state index in [1.807, 2.05) is 59.5 Å². The SMILES string of the molecule is CC(NC(=O)COc1cccc(-n2ccnc2)c1)c1cccs1. The van der Waals surface area contributed by atoms with Gasteiger partial charge in [0, 0.05) is 23.3 Å². The summed E-state index contributed by atoms with van der Waals surface area (Å²) in [7, 11) is 0. The molecule has 118 valence electrons. The van der Waals surface area contributed by atoms with Crippen molar-refractivity contribution in [1.29, 1.82) is 0 Å². The van der Waals surface area contributed by atoms with Crippen LogP contribution in [0.5, 0.6) is 5.75 Å². The Balaban J connectivity index is 1.56. The summed E-state index contributed by atoms with van der Waals surface area (Å²) < 4.78 is 7.46. The molecule has 1 unspecified atom stereocenters. The van der Waals surface area contributed by atoms with Gasteiger partial charge in [0.05, 0.1) is 18.1 Å². The van der Waals surface area contributed by atoms with Crippen molar-refractivity contribution in [2.75, 3.05) is 6.61 Å². The average Bonchev–Trinajstić information content (AvgIpc) is 3.26. The van der Waals surface area contributed by atoms with Gasteiger partial charge >= 0.3 is 0 Å². The first-order valence-electron chi connectivity index (χ1n) is 7.26. The molecule has 2 heterocycles. The molecule has 5 nitrogen and oxygen atoms in total. The van der Waals surface area contributed by atoms with Crippen LogP contribution < -0.4 is 10.1 Å². The molecule has 0 radical (unpaired) electrons. The third-order valence-electron chi connectivity index (χ3n) is 3.34. The van der Waals surface area contributed by atoms with Crippen molar-refractivity contribution in [3.05, 3.63) is 65.4 Å². The maximum Gasteiger partial charge on any atom is 0.258 e. The molecule has 1 aromatic carbocycles. The Morgan fingerprint density at radius 3 is 3.04 bits per heavy atom. The van der Waals surface area contributed by atoms with Crippen molar-refractivity contribution < 1.29 is 9.53 Å². The molecular formula is C17H17N3O2S. The number of hydrogen-bond acceptors (Lipinski definition) is 4. The fourth-order valence-corrected chi connectivity index (χ4v) is 2.92. The fourth-order valence-electron chi connectivity index (χ4n) is 2.19. The third-order valence-corrected chi connectivity index (χ3v) is 4.39. The first-order chi connectivity index (χ1) is 11.2. The van der Waals surface area contributed by atoms with Crippen molar-refractivity contribution in [1.82, 2.24) is 14.9 Å². The Morgan fingerprint density at radius 2 is 2.30 bits per heavy atom. The number of hydrogen-bond donors (Lipinski definition) is 1. The summed E-state index contributed by atoms with van der Waals surface area (Å²) in [6, 6.07) is 11.5. The molecule has 1 amide bonds. The van der Waals surface area contributed by atoms with Crippen LogP contribution in [0, 0.1) is 0 Å². The maximum atomic E-state index is 12.0. The molecule has 3 aromatic rings. The van der Waals surface area contributed by atoms with Gasteiger partial charge in [-0.25, -0.2) is 4.98 Å². The summed E-state index contributed by atoms with van der Waals surface area (Å²) in [6.07, 6.45) is 5.29. The highest BCUT2D eigenvalue weighted by Gasteiger charge is 2.11. The number of rotatable bonds is 6. The van der Waals surface area contributed by atoms with E-state index in [0.29, 0.717) is 5.75 Å². The molecule has 0 bridgehead atoms. The van der Waals surface area contributed by atoms with Gasteiger partial charge in [0.1, 0.15) is 5.75 Å². The fraction of sp³-hybridized carbons (Fsp3) is 0.176. The maximum absolute atomic E-state index is 12.0. The first-order valence-corrected chi connectivity index (χ1v) is 8.14. The van der Waals surface area contributed by atoms with Crippen LogP contribution in [0.1, 0.15) is 17.8 Å².